The molecule has 0 aliphatic carbocycles. The molecule has 1 heterocycles. The second-order valence-corrected chi connectivity index (χ2v) is 6.23. The Morgan fingerprint density at radius 1 is 1.14 bits per heavy atom. The van der Waals surface area contributed by atoms with Gasteiger partial charge < -0.3 is 0 Å². The Morgan fingerprint density at radius 2 is 1.67 bits per heavy atom. The van der Waals surface area contributed by atoms with E-state index in [0.717, 1.165) is 24.5 Å². The maximum Gasteiger partial charge on any atom is 0.265 e. The van der Waals surface area contributed by atoms with Crippen molar-refractivity contribution in [1.82, 2.24) is 9.97 Å². The maximum absolute atomic E-state index is 13.1. The summed E-state index contributed by atoms with van der Waals surface area (Å²) >= 11 is 11.5. The van der Waals surface area contributed by atoms with Gasteiger partial charge >= 0.3 is 0 Å². The summed E-state index contributed by atoms with van der Waals surface area (Å²) in [5, 5.41) is -0.352. The van der Waals surface area contributed by atoms with Gasteiger partial charge in [-0.15, -0.1) is 0 Å². The standard InChI is InChI=1S/C10H8Cl2FN5O2S/c11-7-1-5(13)2-8(12)9(7)18-21(19,20)6-3-15-10(17-14)16-4-6/h1-4,18H,14H2,(H,15,16,17). The average Bonchev–Trinajstić information content (AvgIpc) is 2.43. The Morgan fingerprint density at radius 3 is 2.14 bits per heavy atom. The van der Waals surface area contributed by atoms with E-state index in [-0.39, 0.29) is 26.6 Å². The minimum atomic E-state index is -4.03. The van der Waals surface area contributed by atoms with E-state index in [1.54, 1.807) is 0 Å². The molecule has 0 bridgehead atoms. The van der Waals surface area contributed by atoms with Crippen LogP contribution in [0.4, 0.5) is 16.0 Å². The summed E-state index contributed by atoms with van der Waals surface area (Å²) in [5.41, 5.74) is 2.02. The van der Waals surface area contributed by atoms with Crippen LogP contribution < -0.4 is 16.0 Å². The van der Waals surface area contributed by atoms with Crippen LogP contribution in [0.15, 0.2) is 29.4 Å². The Bertz CT molecular complexity index is 747. The number of rotatable bonds is 4. The van der Waals surface area contributed by atoms with E-state index in [9.17, 15) is 12.8 Å². The molecule has 0 aliphatic rings. The zero-order valence-corrected chi connectivity index (χ0v) is 12.5. The molecule has 0 saturated carbocycles. The molecule has 0 atom stereocenters. The first-order chi connectivity index (χ1) is 9.83. The molecule has 2 rings (SSSR count). The van der Waals surface area contributed by atoms with Gasteiger partial charge in [0, 0.05) is 0 Å². The molecule has 0 radical (unpaired) electrons. The molecule has 0 spiro atoms. The van der Waals surface area contributed by atoms with Crippen molar-refractivity contribution in [2.45, 2.75) is 4.90 Å². The second-order valence-electron chi connectivity index (χ2n) is 3.74. The number of hydrazine groups is 1. The van der Waals surface area contributed by atoms with Crippen LogP contribution in [0.5, 0.6) is 0 Å². The van der Waals surface area contributed by atoms with Gasteiger partial charge in [-0.2, -0.15) is 0 Å². The molecule has 0 saturated heterocycles. The van der Waals surface area contributed by atoms with E-state index < -0.39 is 15.8 Å². The first kappa shape index (κ1) is 15.7. The quantitative estimate of drug-likeness (QED) is 0.574. The topological polar surface area (TPSA) is 110 Å². The highest BCUT2D eigenvalue weighted by Crippen LogP contribution is 2.32. The number of nitrogens with two attached hydrogens (primary N) is 1. The lowest BCUT2D eigenvalue weighted by atomic mass is 10.3. The number of hydrogen-bond acceptors (Lipinski definition) is 6. The number of nitrogen functional groups attached to an aromatic ring is 1. The molecule has 11 heteroatoms. The summed E-state index contributed by atoms with van der Waals surface area (Å²) < 4.78 is 39.5. The van der Waals surface area contributed by atoms with Crippen LogP contribution in [-0.2, 0) is 10.0 Å². The van der Waals surface area contributed by atoms with Crippen LogP contribution in [0.3, 0.4) is 0 Å². The van der Waals surface area contributed by atoms with Gasteiger partial charge in [0.1, 0.15) is 10.7 Å². The fourth-order valence-electron chi connectivity index (χ4n) is 1.36. The van der Waals surface area contributed by atoms with Crippen LogP contribution in [0.2, 0.25) is 10.0 Å². The molecule has 0 unspecified atom stereocenters. The largest absolute Gasteiger partial charge is 0.292 e. The van der Waals surface area contributed by atoms with E-state index in [1.165, 1.54) is 0 Å². The fourth-order valence-corrected chi connectivity index (χ4v) is 3.02. The SMILES string of the molecule is NNc1ncc(S(=O)(=O)Nc2c(Cl)cc(F)cc2Cl)cn1. The molecule has 4 N–H and O–H groups in total. The summed E-state index contributed by atoms with van der Waals surface area (Å²) in [6.07, 6.45) is 2.08. The predicted octanol–water partition coefficient (Wildman–Crippen LogP) is 2.01. The summed E-state index contributed by atoms with van der Waals surface area (Å²) in [6.45, 7) is 0. The Kier molecular flexibility index (Phi) is 4.47. The van der Waals surface area contributed by atoms with Gasteiger partial charge in [0.2, 0.25) is 5.95 Å². The molecular weight excluding hydrogens is 344 g/mol. The van der Waals surface area contributed by atoms with Gasteiger partial charge in [-0.25, -0.2) is 28.6 Å². The van der Waals surface area contributed by atoms with E-state index in [0.29, 0.717) is 0 Å². The van der Waals surface area contributed by atoms with Crippen molar-refractivity contribution in [3.05, 3.63) is 40.4 Å². The first-order valence-electron chi connectivity index (χ1n) is 5.29. The average molecular weight is 352 g/mol. The molecule has 1 aromatic carbocycles. The Balaban J connectivity index is 2.37. The van der Waals surface area contributed by atoms with Gasteiger partial charge in [0.25, 0.3) is 10.0 Å². The van der Waals surface area contributed by atoms with Crippen molar-refractivity contribution in [2.24, 2.45) is 5.84 Å². The van der Waals surface area contributed by atoms with Crippen molar-refractivity contribution in [2.75, 3.05) is 10.1 Å². The number of halogens is 3. The lowest BCUT2D eigenvalue weighted by Gasteiger charge is -2.11. The molecule has 0 aliphatic heterocycles. The van der Waals surface area contributed by atoms with Gasteiger partial charge in [0.15, 0.2) is 0 Å². The molecule has 0 amide bonds. The lowest BCUT2D eigenvalue weighted by molar-refractivity contribution is 0.600. The second kappa shape index (κ2) is 5.98. The highest BCUT2D eigenvalue weighted by molar-refractivity contribution is 7.92. The van der Waals surface area contributed by atoms with Gasteiger partial charge in [0.05, 0.1) is 28.1 Å². The molecule has 2 aromatic rings. The van der Waals surface area contributed by atoms with Crippen molar-refractivity contribution >= 4 is 44.9 Å². The molecule has 112 valence electrons. The number of anilines is 2. The molecule has 0 fully saturated rings. The minimum Gasteiger partial charge on any atom is -0.292 e. The van der Waals surface area contributed by atoms with Crippen LogP contribution in [0.25, 0.3) is 0 Å². The lowest BCUT2D eigenvalue weighted by Crippen LogP contribution is -2.16. The number of hydrogen-bond donors (Lipinski definition) is 3. The third kappa shape index (κ3) is 3.50. The molecule has 21 heavy (non-hydrogen) atoms. The minimum absolute atomic E-state index is 0.0480. The van der Waals surface area contributed by atoms with Crippen molar-refractivity contribution in [3.8, 4) is 0 Å². The number of benzene rings is 1. The maximum atomic E-state index is 13.1. The van der Waals surface area contributed by atoms with Crippen molar-refractivity contribution < 1.29 is 12.8 Å². The Labute approximate surface area is 129 Å². The zero-order valence-electron chi connectivity index (χ0n) is 10.1. The highest BCUT2D eigenvalue weighted by Gasteiger charge is 2.19. The van der Waals surface area contributed by atoms with Crippen LogP contribution in [0, 0.1) is 5.82 Å². The van der Waals surface area contributed by atoms with Crippen LogP contribution in [-0.4, -0.2) is 18.4 Å². The number of nitrogens with zero attached hydrogens (tertiary/aromatic N) is 2. The van der Waals surface area contributed by atoms with Crippen LogP contribution >= 0.6 is 23.2 Å². The van der Waals surface area contributed by atoms with Gasteiger partial charge in [-0.1, -0.05) is 23.2 Å². The summed E-state index contributed by atoms with van der Waals surface area (Å²) in [7, 11) is -4.03. The van der Waals surface area contributed by atoms with Crippen molar-refractivity contribution in [1.29, 1.82) is 0 Å². The molecular formula is C10H8Cl2FN5O2S. The predicted molar refractivity (Wildman–Crippen MR) is 77.1 cm³/mol. The van der Waals surface area contributed by atoms with Gasteiger partial charge in [-0.3, -0.25) is 10.1 Å². The zero-order chi connectivity index (χ0) is 15.6. The van der Waals surface area contributed by atoms with E-state index in [2.05, 4.69) is 20.1 Å². The van der Waals surface area contributed by atoms with E-state index in [4.69, 9.17) is 29.0 Å². The van der Waals surface area contributed by atoms with Gasteiger partial charge in [-0.05, 0) is 12.1 Å². The monoisotopic (exact) mass is 351 g/mol. The first-order valence-corrected chi connectivity index (χ1v) is 7.53. The Hall–Kier alpha value is -1.68. The molecule has 7 nitrogen and oxygen atoms in total. The normalized spacial score (nSPS) is 11.2. The van der Waals surface area contributed by atoms with Crippen molar-refractivity contribution in [3.63, 3.8) is 0 Å². The number of aromatic nitrogens is 2. The van der Waals surface area contributed by atoms with E-state index >= 15 is 0 Å². The summed E-state index contributed by atoms with van der Waals surface area (Å²) in [5.74, 6) is 4.44. The highest BCUT2D eigenvalue weighted by atomic mass is 35.5. The smallest absolute Gasteiger partial charge is 0.265 e. The number of sulfonamides is 1. The summed E-state index contributed by atoms with van der Waals surface area (Å²) in [4.78, 5) is 7.11. The fraction of sp³-hybridized carbons (Fsp3) is 0. The van der Waals surface area contributed by atoms with Crippen LogP contribution in [0.1, 0.15) is 0 Å². The third-order valence-electron chi connectivity index (χ3n) is 2.31. The third-order valence-corrected chi connectivity index (χ3v) is 4.21. The molecule has 1 aromatic heterocycles. The number of nitrogens with one attached hydrogen (secondary N) is 2. The summed E-state index contributed by atoms with van der Waals surface area (Å²) in [6, 6.07) is 1.87. The van der Waals surface area contributed by atoms with E-state index in [1.807, 2.05) is 0 Å².